The van der Waals surface area contributed by atoms with E-state index in [4.69, 9.17) is 11.6 Å². The van der Waals surface area contributed by atoms with Crippen molar-refractivity contribution in [3.05, 3.63) is 64.1 Å². The van der Waals surface area contributed by atoms with Crippen LogP contribution in [-0.4, -0.2) is 19.7 Å². The van der Waals surface area contributed by atoms with Crippen LogP contribution in [-0.2, 0) is 11.0 Å². The van der Waals surface area contributed by atoms with Crippen molar-refractivity contribution in [2.24, 2.45) is 0 Å². The first-order valence-electron chi connectivity index (χ1n) is 8.67. The quantitative estimate of drug-likeness (QED) is 0.758. The summed E-state index contributed by atoms with van der Waals surface area (Å²) in [6.07, 6.45) is 5.12. The number of benzene rings is 1. The maximum Gasteiger partial charge on any atom is 0.166 e. The minimum absolute atomic E-state index is 0.206. The Kier molecular flexibility index (Phi) is 3.67. The largest absolute Gasteiger partial charge is 0.386 e. The van der Waals surface area contributed by atoms with Gasteiger partial charge in [-0.1, -0.05) is 36.2 Å². The van der Waals surface area contributed by atoms with Crippen molar-refractivity contribution in [2.75, 3.05) is 0 Å². The van der Waals surface area contributed by atoms with E-state index in [1.807, 2.05) is 35.7 Å². The zero-order valence-electron chi connectivity index (χ0n) is 14.8. The lowest BCUT2D eigenvalue weighted by Crippen LogP contribution is -2.38. The Labute approximate surface area is 152 Å². The Morgan fingerprint density at radius 3 is 2.56 bits per heavy atom. The van der Waals surface area contributed by atoms with E-state index >= 15 is 0 Å². The summed E-state index contributed by atoms with van der Waals surface area (Å²) in [6.45, 7) is 5.59. The molecule has 4 nitrogen and oxygen atoms in total. The molecule has 1 saturated carbocycles. The molecule has 1 fully saturated rings. The van der Waals surface area contributed by atoms with Gasteiger partial charge < -0.3 is 5.11 Å². The van der Waals surface area contributed by atoms with Crippen LogP contribution in [0, 0.1) is 6.92 Å². The lowest BCUT2D eigenvalue weighted by atomic mass is 9.63. The van der Waals surface area contributed by atoms with Crippen LogP contribution in [0.3, 0.4) is 0 Å². The SMILES string of the molecule is Cc1ccc(C2(c3nnc4c(C(C)(C)O)cccn34)CCC2)c(Cl)c1. The van der Waals surface area contributed by atoms with E-state index in [-0.39, 0.29) is 5.41 Å². The molecule has 1 aromatic carbocycles. The molecule has 0 radical (unpaired) electrons. The summed E-state index contributed by atoms with van der Waals surface area (Å²) in [6, 6.07) is 10.1. The van der Waals surface area contributed by atoms with Crippen molar-refractivity contribution < 1.29 is 5.11 Å². The Hall–Kier alpha value is -1.91. The van der Waals surface area contributed by atoms with E-state index in [1.165, 1.54) is 0 Å². The molecule has 0 bridgehead atoms. The van der Waals surface area contributed by atoms with Crippen molar-refractivity contribution in [1.29, 1.82) is 0 Å². The molecule has 1 aliphatic carbocycles. The summed E-state index contributed by atoms with van der Waals surface area (Å²) in [5, 5.41) is 20.2. The predicted molar refractivity (Wildman–Crippen MR) is 99.1 cm³/mol. The van der Waals surface area contributed by atoms with Gasteiger partial charge in [0.1, 0.15) is 5.82 Å². The molecule has 1 N–H and O–H groups in total. The maximum absolute atomic E-state index is 10.5. The first-order chi connectivity index (χ1) is 11.8. The van der Waals surface area contributed by atoms with Crippen LogP contribution in [0.15, 0.2) is 36.5 Å². The normalized spacial score (nSPS) is 16.8. The molecule has 3 aromatic rings. The van der Waals surface area contributed by atoms with E-state index < -0.39 is 5.60 Å². The predicted octanol–water partition coefficient (Wildman–Crippen LogP) is 4.39. The van der Waals surface area contributed by atoms with Gasteiger partial charge in [-0.2, -0.15) is 0 Å². The van der Waals surface area contributed by atoms with Crippen molar-refractivity contribution in [2.45, 2.75) is 51.0 Å². The number of halogens is 1. The van der Waals surface area contributed by atoms with Gasteiger partial charge in [-0.3, -0.25) is 4.40 Å². The molecule has 0 amide bonds. The third-order valence-corrected chi connectivity index (χ3v) is 5.68. The van der Waals surface area contributed by atoms with Crippen molar-refractivity contribution in [1.82, 2.24) is 14.6 Å². The molecule has 0 atom stereocenters. The lowest BCUT2D eigenvalue weighted by molar-refractivity contribution is 0.0796. The molecular weight excluding hydrogens is 334 g/mol. The molecule has 0 saturated heterocycles. The number of pyridine rings is 1. The van der Waals surface area contributed by atoms with E-state index in [0.717, 1.165) is 46.8 Å². The van der Waals surface area contributed by atoms with Gasteiger partial charge in [-0.25, -0.2) is 0 Å². The van der Waals surface area contributed by atoms with Crippen LogP contribution >= 0.6 is 11.6 Å². The highest BCUT2D eigenvalue weighted by molar-refractivity contribution is 6.31. The number of fused-ring (bicyclic) bond motifs is 1. The third-order valence-electron chi connectivity index (χ3n) is 5.37. The van der Waals surface area contributed by atoms with Crippen LogP contribution < -0.4 is 0 Å². The van der Waals surface area contributed by atoms with Crippen LogP contribution in [0.4, 0.5) is 0 Å². The number of aromatic nitrogens is 3. The van der Waals surface area contributed by atoms with E-state index in [1.54, 1.807) is 13.8 Å². The van der Waals surface area contributed by atoms with Crippen molar-refractivity contribution >= 4 is 17.2 Å². The maximum atomic E-state index is 10.5. The van der Waals surface area contributed by atoms with Crippen molar-refractivity contribution in [3.63, 3.8) is 0 Å². The topological polar surface area (TPSA) is 50.4 Å². The van der Waals surface area contributed by atoms with Gasteiger partial charge in [0.15, 0.2) is 5.65 Å². The second-order valence-corrected chi connectivity index (χ2v) is 8.02. The van der Waals surface area contributed by atoms with Gasteiger partial charge in [0.05, 0.1) is 11.0 Å². The van der Waals surface area contributed by atoms with E-state index in [9.17, 15) is 5.11 Å². The zero-order chi connectivity index (χ0) is 17.8. The fourth-order valence-corrected chi connectivity index (χ4v) is 4.29. The number of aliphatic hydroxyl groups is 1. The van der Waals surface area contributed by atoms with Gasteiger partial charge in [-0.15, -0.1) is 10.2 Å². The summed E-state index contributed by atoms with van der Waals surface area (Å²) >= 11 is 6.60. The fourth-order valence-electron chi connectivity index (χ4n) is 3.87. The molecule has 4 rings (SSSR count). The Morgan fingerprint density at radius 1 is 1.20 bits per heavy atom. The highest BCUT2D eigenvalue weighted by Gasteiger charge is 2.45. The molecule has 0 unspecified atom stereocenters. The molecule has 0 aliphatic heterocycles. The first kappa shape index (κ1) is 16.6. The smallest absolute Gasteiger partial charge is 0.166 e. The number of aryl methyl sites for hydroxylation is 1. The summed E-state index contributed by atoms with van der Waals surface area (Å²) < 4.78 is 2.02. The molecule has 5 heteroatoms. The molecule has 0 spiro atoms. The van der Waals surface area contributed by atoms with Crippen molar-refractivity contribution in [3.8, 4) is 0 Å². The van der Waals surface area contributed by atoms with Gasteiger partial charge in [0, 0.05) is 16.8 Å². The van der Waals surface area contributed by atoms with Gasteiger partial charge in [-0.05, 0) is 56.9 Å². The third kappa shape index (κ3) is 2.47. The second-order valence-electron chi connectivity index (χ2n) is 7.62. The standard InChI is InChI=1S/C20H22ClN3O/c1-13-7-8-14(16(21)12-13)20(9-5-10-20)18-23-22-17-15(19(2,3)25)6-4-11-24(17)18/h4,6-8,11-12,25H,5,9-10H2,1-3H3. The highest BCUT2D eigenvalue weighted by Crippen LogP contribution is 2.50. The van der Waals surface area contributed by atoms with Crippen LogP contribution in [0.25, 0.3) is 5.65 Å². The second kappa shape index (κ2) is 5.55. The van der Waals surface area contributed by atoms with Crippen LogP contribution in [0.2, 0.25) is 5.02 Å². The minimum Gasteiger partial charge on any atom is -0.386 e. The summed E-state index contributed by atoms with van der Waals surface area (Å²) in [5.41, 5.74) is 2.58. The van der Waals surface area contributed by atoms with Gasteiger partial charge in [0.25, 0.3) is 0 Å². The summed E-state index contributed by atoms with van der Waals surface area (Å²) in [5.74, 6) is 0.908. The van der Waals surface area contributed by atoms with Crippen LogP contribution in [0.1, 0.15) is 55.6 Å². The monoisotopic (exact) mass is 355 g/mol. The molecule has 1 aliphatic rings. The molecule has 2 heterocycles. The summed E-state index contributed by atoms with van der Waals surface area (Å²) in [4.78, 5) is 0. The highest BCUT2D eigenvalue weighted by atomic mass is 35.5. The lowest BCUT2D eigenvalue weighted by Gasteiger charge is -2.41. The number of hydrogen-bond donors (Lipinski definition) is 1. The molecule has 25 heavy (non-hydrogen) atoms. The minimum atomic E-state index is -0.971. The fraction of sp³-hybridized carbons (Fsp3) is 0.400. The van der Waals surface area contributed by atoms with Gasteiger partial charge in [0.2, 0.25) is 0 Å². The number of rotatable bonds is 3. The summed E-state index contributed by atoms with van der Waals surface area (Å²) in [7, 11) is 0. The number of nitrogens with zero attached hydrogens (tertiary/aromatic N) is 3. The first-order valence-corrected chi connectivity index (χ1v) is 9.04. The molecular formula is C20H22ClN3O. The average molecular weight is 356 g/mol. The van der Waals surface area contributed by atoms with E-state index in [2.05, 4.69) is 22.3 Å². The van der Waals surface area contributed by atoms with E-state index in [0.29, 0.717) is 5.65 Å². The number of hydrogen-bond acceptors (Lipinski definition) is 3. The average Bonchev–Trinajstić information content (AvgIpc) is 2.91. The van der Waals surface area contributed by atoms with Crippen LogP contribution in [0.5, 0.6) is 0 Å². The Balaban J connectivity index is 1.94. The van der Waals surface area contributed by atoms with Gasteiger partial charge >= 0.3 is 0 Å². The Morgan fingerprint density at radius 2 is 1.96 bits per heavy atom. The molecule has 2 aromatic heterocycles. The Bertz CT molecular complexity index is 951. The zero-order valence-corrected chi connectivity index (χ0v) is 15.5. The molecule has 130 valence electrons.